The highest BCUT2D eigenvalue weighted by atomic mass is 19.1. The highest BCUT2D eigenvalue weighted by molar-refractivity contribution is 5.81. The van der Waals surface area contributed by atoms with Crippen LogP contribution in [0.5, 0.6) is 0 Å². The summed E-state index contributed by atoms with van der Waals surface area (Å²) in [6.45, 7) is 5.47. The molecule has 0 bridgehead atoms. The second-order valence-electron chi connectivity index (χ2n) is 9.13. The summed E-state index contributed by atoms with van der Waals surface area (Å²) in [6, 6.07) is 17.8. The summed E-state index contributed by atoms with van der Waals surface area (Å²) >= 11 is 0. The fourth-order valence-electron chi connectivity index (χ4n) is 4.06. The molecule has 9 nitrogen and oxygen atoms in total. The third kappa shape index (κ3) is 5.94. The Kier molecular flexibility index (Phi) is 7.25. The number of nitrogens with one attached hydrogen (secondary N) is 2. The van der Waals surface area contributed by atoms with Crippen LogP contribution in [0.3, 0.4) is 0 Å². The van der Waals surface area contributed by atoms with Crippen LogP contribution < -0.4 is 10.2 Å². The number of aromatic nitrogens is 7. The molecule has 0 atom stereocenters. The lowest BCUT2D eigenvalue weighted by Crippen LogP contribution is -2.28. The Hall–Kier alpha value is -4.80. The number of benzene rings is 2. The Morgan fingerprint density at radius 1 is 0.921 bits per heavy atom. The molecule has 0 aliphatic carbocycles. The van der Waals surface area contributed by atoms with E-state index >= 15 is 0 Å². The number of hydrogen-bond donors (Lipinski definition) is 2. The zero-order valence-corrected chi connectivity index (χ0v) is 20.8. The van der Waals surface area contributed by atoms with E-state index in [2.05, 4.69) is 54.7 Å². The molecule has 2 N–H and O–H groups in total. The number of rotatable bonds is 9. The minimum absolute atomic E-state index is 0.245. The van der Waals surface area contributed by atoms with Gasteiger partial charge in [0.15, 0.2) is 5.82 Å². The number of halogens is 2. The monoisotopic (exact) mass is 513 g/mol. The van der Waals surface area contributed by atoms with Crippen molar-refractivity contribution in [1.82, 2.24) is 35.6 Å². The molecular weight excluding hydrogens is 488 g/mol. The Balaban J connectivity index is 1.61. The summed E-state index contributed by atoms with van der Waals surface area (Å²) in [5, 5.41) is 17.6. The zero-order valence-electron chi connectivity index (χ0n) is 20.8. The van der Waals surface area contributed by atoms with Gasteiger partial charge in [-0.3, -0.25) is 0 Å². The molecule has 5 aromatic rings. The van der Waals surface area contributed by atoms with Crippen molar-refractivity contribution in [2.24, 2.45) is 5.92 Å². The summed E-state index contributed by atoms with van der Waals surface area (Å²) in [5.74, 6) is 0.887. The molecule has 0 fully saturated rings. The third-order valence-electron chi connectivity index (χ3n) is 5.67. The number of anilines is 3. The van der Waals surface area contributed by atoms with Crippen LogP contribution in [-0.2, 0) is 6.54 Å². The van der Waals surface area contributed by atoms with Gasteiger partial charge in [0, 0.05) is 36.0 Å². The third-order valence-corrected chi connectivity index (χ3v) is 5.67. The predicted molar refractivity (Wildman–Crippen MR) is 140 cm³/mol. The van der Waals surface area contributed by atoms with Gasteiger partial charge in [0.25, 0.3) is 0 Å². The fourth-order valence-corrected chi connectivity index (χ4v) is 4.06. The van der Waals surface area contributed by atoms with Crippen molar-refractivity contribution in [2.75, 3.05) is 16.8 Å². The van der Waals surface area contributed by atoms with E-state index in [9.17, 15) is 8.78 Å². The van der Waals surface area contributed by atoms with Crippen molar-refractivity contribution in [1.29, 1.82) is 0 Å². The van der Waals surface area contributed by atoms with E-state index in [0.717, 1.165) is 29.1 Å². The van der Waals surface area contributed by atoms with E-state index in [1.807, 2.05) is 36.4 Å². The van der Waals surface area contributed by atoms with Crippen molar-refractivity contribution in [3.63, 3.8) is 0 Å². The molecule has 0 saturated heterocycles. The molecule has 2 aromatic carbocycles. The smallest absolute Gasteiger partial charge is 0.227 e. The van der Waals surface area contributed by atoms with Crippen LogP contribution in [0.2, 0.25) is 0 Å². The van der Waals surface area contributed by atoms with E-state index < -0.39 is 5.82 Å². The van der Waals surface area contributed by atoms with Crippen LogP contribution in [0.1, 0.15) is 19.4 Å². The minimum Gasteiger partial charge on any atom is -0.352 e. The maximum Gasteiger partial charge on any atom is 0.227 e. The lowest BCUT2D eigenvalue weighted by atomic mass is 10.0. The number of aromatic amines is 1. The lowest BCUT2D eigenvalue weighted by Gasteiger charge is -2.27. The standard InChI is InChI=1S/C27H25F2N9/c1-17(2)15-38(16-18-7-9-19(28)10-8-18)25-12-21(32-27-30-13-20(29)14-31-27)11-24(33-25)22-5-3-4-6-23(22)26-34-36-37-35-26/h3-14,17H,15-16H2,1-2H3,(H,30,31,32,33)(H,34,35,36,37). The van der Waals surface area contributed by atoms with Gasteiger partial charge in [-0.25, -0.2) is 23.7 Å². The molecule has 0 spiro atoms. The molecule has 0 radical (unpaired) electrons. The number of nitrogens with zero attached hydrogens (tertiary/aromatic N) is 7. The van der Waals surface area contributed by atoms with Crippen LogP contribution >= 0.6 is 0 Å². The van der Waals surface area contributed by atoms with Crippen LogP contribution in [0.25, 0.3) is 22.6 Å². The van der Waals surface area contributed by atoms with Crippen molar-refractivity contribution < 1.29 is 8.78 Å². The van der Waals surface area contributed by atoms with Crippen molar-refractivity contribution in [2.45, 2.75) is 20.4 Å². The summed E-state index contributed by atoms with van der Waals surface area (Å²) < 4.78 is 27.0. The van der Waals surface area contributed by atoms with Gasteiger partial charge in [0.05, 0.1) is 18.1 Å². The Bertz CT molecular complexity index is 1490. The molecule has 0 aliphatic heterocycles. The molecule has 3 aromatic heterocycles. The average Bonchev–Trinajstić information content (AvgIpc) is 3.46. The molecule has 0 saturated carbocycles. The first-order chi connectivity index (χ1) is 18.4. The second-order valence-corrected chi connectivity index (χ2v) is 9.13. The van der Waals surface area contributed by atoms with E-state index in [-0.39, 0.29) is 11.8 Å². The summed E-state index contributed by atoms with van der Waals surface area (Å²) in [7, 11) is 0. The molecule has 0 aliphatic rings. The Morgan fingerprint density at radius 2 is 1.66 bits per heavy atom. The van der Waals surface area contributed by atoms with Gasteiger partial charge in [-0.15, -0.1) is 10.2 Å². The van der Waals surface area contributed by atoms with Gasteiger partial charge in [-0.2, -0.15) is 5.21 Å². The first-order valence-electron chi connectivity index (χ1n) is 12.0. The van der Waals surface area contributed by atoms with E-state index in [1.165, 1.54) is 12.1 Å². The highest BCUT2D eigenvalue weighted by Crippen LogP contribution is 2.33. The number of pyridine rings is 1. The number of tetrazole rings is 1. The predicted octanol–water partition coefficient (Wildman–Crippen LogP) is 5.40. The fraction of sp³-hybridized carbons (Fsp3) is 0.185. The van der Waals surface area contributed by atoms with Crippen LogP contribution in [0.15, 0.2) is 73.1 Å². The molecule has 11 heteroatoms. The van der Waals surface area contributed by atoms with Crippen LogP contribution in [0, 0.1) is 17.6 Å². The molecule has 38 heavy (non-hydrogen) atoms. The van der Waals surface area contributed by atoms with Crippen molar-refractivity contribution in [3.05, 3.63) is 90.3 Å². The average molecular weight is 514 g/mol. The largest absolute Gasteiger partial charge is 0.352 e. The lowest BCUT2D eigenvalue weighted by molar-refractivity contribution is 0.602. The van der Waals surface area contributed by atoms with Gasteiger partial charge >= 0.3 is 0 Å². The molecular formula is C27H25F2N9. The summed E-state index contributed by atoms with van der Waals surface area (Å²) in [6.07, 6.45) is 2.20. The number of hydrogen-bond acceptors (Lipinski definition) is 8. The molecule has 3 heterocycles. The Morgan fingerprint density at radius 3 is 2.34 bits per heavy atom. The SMILES string of the molecule is CC(C)CN(Cc1ccc(F)cc1)c1cc(Nc2ncc(F)cn2)cc(-c2ccccc2-c2nn[nH]n2)n1. The first-order valence-corrected chi connectivity index (χ1v) is 12.0. The van der Waals surface area contributed by atoms with Gasteiger partial charge in [-0.05, 0) is 34.9 Å². The van der Waals surface area contributed by atoms with Crippen molar-refractivity contribution >= 4 is 17.5 Å². The van der Waals surface area contributed by atoms with Crippen molar-refractivity contribution in [3.8, 4) is 22.6 Å². The maximum atomic E-state index is 13.6. The van der Waals surface area contributed by atoms with Crippen LogP contribution in [-0.4, -0.2) is 42.1 Å². The first kappa shape index (κ1) is 24.9. The van der Waals surface area contributed by atoms with Gasteiger partial charge in [-0.1, -0.05) is 50.2 Å². The Labute approximate surface area is 218 Å². The van der Waals surface area contributed by atoms with E-state index in [0.29, 0.717) is 42.0 Å². The highest BCUT2D eigenvalue weighted by Gasteiger charge is 2.18. The van der Waals surface area contributed by atoms with Gasteiger partial charge < -0.3 is 10.2 Å². The maximum absolute atomic E-state index is 13.6. The number of H-pyrrole nitrogens is 1. The molecule has 5 rings (SSSR count). The quantitative estimate of drug-likeness (QED) is 0.270. The molecule has 192 valence electrons. The van der Waals surface area contributed by atoms with E-state index in [4.69, 9.17) is 4.98 Å². The molecule has 0 amide bonds. The normalized spacial score (nSPS) is 11.1. The van der Waals surface area contributed by atoms with E-state index in [1.54, 1.807) is 12.1 Å². The van der Waals surface area contributed by atoms with Gasteiger partial charge in [0.2, 0.25) is 11.8 Å². The second kappa shape index (κ2) is 11.1. The topological polar surface area (TPSA) is 108 Å². The zero-order chi connectivity index (χ0) is 26.5. The summed E-state index contributed by atoms with van der Waals surface area (Å²) in [5.41, 5.74) is 3.81. The minimum atomic E-state index is -0.525. The summed E-state index contributed by atoms with van der Waals surface area (Å²) in [4.78, 5) is 15.2. The van der Waals surface area contributed by atoms with Crippen LogP contribution in [0.4, 0.5) is 26.2 Å². The van der Waals surface area contributed by atoms with Gasteiger partial charge in [0.1, 0.15) is 11.6 Å². The molecule has 0 unspecified atom stereocenters.